The Morgan fingerprint density at radius 3 is 2.14 bits per heavy atom. The molecule has 0 spiro atoms. The summed E-state index contributed by atoms with van der Waals surface area (Å²) in [5, 5.41) is 14.2. The lowest BCUT2D eigenvalue weighted by atomic mass is 10.0. The molecule has 1 saturated heterocycles. The number of hydrogen-bond donors (Lipinski definition) is 1. The van der Waals surface area contributed by atoms with Gasteiger partial charge >= 0.3 is 5.97 Å². The standard InChI is InChI=1S/C27H28N4O4/c32-25(33)18-30(21-13-15-29(16-14-21)26(34)20-11-12-20)27(35)23-17-24(19-7-3-1-4-8-19)31(28-23)22-9-5-2-6-10-22/h1-10,17,20-21H,11-16,18H2,(H,32,33). The number of aliphatic carboxylic acids is 1. The van der Waals surface area contributed by atoms with Gasteiger partial charge in [0.1, 0.15) is 6.54 Å². The molecule has 1 aliphatic heterocycles. The van der Waals surface area contributed by atoms with Crippen molar-refractivity contribution in [2.45, 2.75) is 31.7 Å². The lowest BCUT2D eigenvalue weighted by Gasteiger charge is -2.37. The lowest BCUT2D eigenvalue weighted by molar-refractivity contribution is -0.139. The topological polar surface area (TPSA) is 95.7 Å². The molecule has 35 heavy (non-hydrogen) atoms. The number of amides is 2. The molecule has 2 aromatic carbocycles. The molecule has 0 unspecified atom stereocenters. The van der Waals surface area contributed by atoms with Gasteiger partial charge in [-0.3, -0.25) is 14.4 Å². The number of rotatable bonds is 7. The van der Waals surface area contributed by atoms with Crippen LogP contribution < -0.4 is 0 Å². The van der Waals surface area contributed by atoms with Gasteiger partial charge in [-0.15, -0.1) is 0 Å². The lowest BCUT2D eigenvalue weighted by Crippen LogP contribution is -2.50. The molecule has 8 heteroatoms. The number of hydrogen-bond acceptors (Lipinski definition) is 4. The summed E-state index contributed by atoms with van der Waals surface area (Å²) in [6.45, 7) is 0.674. The Kier molecular flexibility index (Phi) is 6.35. The number of carbonyl (C=O) groups is 3. The molecule has 1 N–H and O–H groups in total. The highest BCUT2D eigenvalue weighted by atomic mass is 16.4. The van der Waals surface area contributed by atoms with E-state index in [1.54, 1.807) is 10.7 Å². The van der Waals surface area contributed by atoms with Crippen molar-refractivity contribution in [1.29, 1.82) is 0 Å². The summed E-state index contributed by atoms with van der Waals surface area (Å²) in [7, 11) is 0. The molecule has 0 bridgehead atoms. The van der Waals surface area contributed by atoms with Gasteiger partial charge in [0.15, 0.2) is 5.69 Å². The summed E-state index contributed by atoms with van der Waals surface area (Å²) >= 11 is 0. The number of likely N-dealkylation sites (tertiary alicyclic amines) is 1. The van der Waals surface area contributed by atoms with E-state index in [1.165, 1.54) is 4.90 Å². The predicted molar refractivity (Wildman–Crippen MR) is 130 cm³/mol. The SMILES string of the molecule is O=C(O)CN(C(=O)c1cc(-c2ccccc2)n(-c2ccccc2)n1)C1CCN(C(=O)C2CC2)CC1. The van der Waals surface area contributed by atoms with Crippen molar-refractivity contribution in [3.8, 4) is 16.9 Å². The maximum atomic E-state index is 13.6. The van der Waals surface area contributed by atoms with Crippen LogP contribution in [0.25, 0.3) is 16.9 Å². The maximum Gasteiger partial charge on any atom is 0.323 e. The number of carboxylic acids is 1. The average Bonchev–Trinajstić information content (AvgIpc) is 3.65. The molecule has 2 fully saturated rings. The third kappa shape index (κ3) is 4.96. The molecule has 5 rings (SSSR count). The van der Waals surface area contributed by atoms with Gasteiger partial charge in [-0.05, 0) is 43.9 Å². The smallest absolute Gasteiger partial charge is 0.323 e. The van der Waals surface area contributed by atoms with Crippen LogP contribution in [0.4, 0.5) is 0 Å². The van der Waals surface area contributed by atoms with E-state index < -0.39 is 18.4 Å². The molecule has 0 atom stereocenters. The molecule has 0 radical (unpaired) electrons. The minimum Gasteiger partial charge on any atom is -0.480 e. The predicted octanol–water partition coefficient (Wildman–Crippen LogP) is 3.47. The van der Waals surface area contributed by atoms with Crippen LogP contribution in [0.3, 0.4) is 0 Å². The van der Waals surface area contributed by atoms with Crippen molar-refractivity contribution in [2.24, 2.45) is 5.92 Å². The number of benzene rings is 2. The van der Waals surface area contributed by atoms with Crippen molar-refractivity contribution < 1.29 is 19.5 Å². The zero-order chi connectivity index (χ0) is 24.4. The third-order valence-electron chi connectivity index (χ3n) is 6.71. The van der Waals surface area contributed by atoms with E-state index in [9.17, 15) is 19.5 Å². The first kappa shape index (κ1) is 22.8. The van der Waals surface area contributed by atoms with Gasteiger partial charge in [0, 0.05) is 30.6 Å². The van der Waals surface area contributed by atoms with Crippen molar-refractivity contribution >= 4 is 17.8 Å². The Morgan fingerprint density at radius 1 is 0.914 bits per heavy atom. The van der Waals surface area contributed by atoms with Gasteiger partial charge in [-0.25, -0.2) is 4.68 Å². The van der Waals surface area contributed by atoms with Gasteiger partial charge < -0.3 is 14.9 Å². The Labute approximate surface area is 203 Å². The van der Waals surface area contributed by atoms with Crippen molar-refractivity contribution in [2.75, 3.05) is 19.6 Å². The highest BCUT2D eigenvalue weighted by Gasteiger charge is 2.37. The van der Waals surface area contributed by atoms with Crippen LogP contribution in [0.5, 0.6) is 0 Å². The second-order valence-electron chi connectivity index (χ2n) is 9.19. The van der Waals surface area contributed by atoms with Crippen LogP contribution in [-0.2, 0) is 9.59 Å². The number of piperidine rings is 1. The first-order valence-electron chi connectivity index (χ1n) is 12.0. The second-order valence-corrected chi connectivity index (χ2v) is 9.19. The van der Waals surface area contributed by atoms with E-state index in [1.807, 2.05) is 65.6 Å². The molecule has 1 aromatic heterocycles. The number of para-hydroxylation sites is 1. The molecule has 3 aromatic rings. The quantitative estimate of drug-likeness (QED) is 0.568. The van der Waals surface area contributed by atoms with Crippen LogP contribution in [0, 0.1) is 5.92 Å². The minimum absolute atomic E-state index is 0.154. The molecule has 2 heterocycles. The molecule has 2 amide bonds. The summed E-state index contributed by atoms with van der Waals surface area (Å²) in [5.74, 6) is -1.14. The highest BCUT2D eigenvalue weighted by Crippen LogP contribution is 2.32. The normalized spacial score (nSPS) is 16.2. The largest absolute Gasteiger partial charge is 0.480 e. The zero-order valence-electron chi connectivity index (χ0n) is 19.4. The van der Waals surface area contributed by atoms with Crippen molar-refractivity contribution in [3.05, 3.63) is 72.4 Å². The van der Waals surface area contributed by atoms with Gasteiger partial charge in [0.05, 0.1) is 11.4 Å². The summed E-state index contributed by atoms with van der Waals surface area (Å²) in [6.07, 6.45) is 3.03. The van der Waals surface area contributed by atoms with E-state index in [0.29, 0.717) is 25.9 Å². The molecular formula is C27H28N4O4. The first-order chi connectivity index (χ1) is 17.0. The Morgan fingerprint density at radius 2 is 1.54 bits per heavy atom. The van der Waals surface area contributed by atoms with Crippen molar-refractivity contribution in [1.82, 2.24) is 19.6 Å². The molecule has 8 nitrogen and oxygen atoms in total. The number of carboxylic acid groups (broad SMARTS) is 1. The van der Waals surface area contributed by atoms with E-state index in [2.05, 4.69) is 5.10 Å². The summed E-state index contributed by atoms with van der Waals surface area (Å²) in [4.78, 5) is 41.0. The number of carbonyl (C=O) groups excluding carboxylic acids is 2. The Bertz CT molecular complexity index is 1160. The van der Waals surface area contributed by atoms with Crippen LogP contribution >= 0.6 is 0 Å². The second kappa shape index (κ2) is 9.74. The van der Waals surface area contributed by atoms with Crippen LogP contribution in [0.15, 0.2) is 66.7 Å². The summed E-state index contributed by atoms with van der Waals surface area (Å²) in [5.41, 5.74) is 2.66. The van der Waals surface area contributed by atoms with Crippen molar-refractivity contribution in [3.63, 3.8) is 0 Å². The Hall–Kier alpha value is -3.94. The molecule has 1 saturated carbocycles. The fourth-order valence-corrected chi connectivity index (χ4v) is 4.71. The van der Waals surface area contributed by atoms with Gasteiger partial charge in [-0.1, -0.05) is 48.5 Å². The molecule has 180 valence electrons. The van der Waals surface area contributed by atoms with Gasteiger partial charge in [0.2, 0.25) is 5.91 Å². The minimum atomic E-state index is -1.07. The molecule has 1 aliphatic carbocycles. The fourth-order valence-electron chi connectivity index (χ4n) is 4.71. The number of aromatic nitrogens is 2. The highest BCUT2D eigenvalue weighted by molar-refractivity contribution is 5.95. The van der Waals surface area contributed by atoms with Crippen LogP contribution in [0.2, 0.25) is 0 Å². The van der Waals surface area contributed by atoms with Gasteiger partial charge in [-0.2, -0.15) is 5.10 Å². The van der Waals surface area contributed by atoms with E-state index in [4.69, 9.17) is 0 Å². The van der Waals surface area contributed by atoms with Crippen LogP contribution in [0.1, 0.15) is 36.2 Å². The van der Waals surface area contributed by atoms with Crippen LogP contribution in [-0.4, -0.2) is 68.1 Å². The average molecular weight is 473 g/mol. The zero-order valence-corrected chi connectivity index (χ0v) is 19.4. The monoisotopic (exact) mass is 472 g/mol. The summed E-state index contributed by atoms with van der Waals surface area (Å²) in [6, 6.07) is 20.7. The van der Waals surface area contributed by atoms with E-state index in [0.717, 1.165) is 29.8 Å². The Balaban J connectivity index is 1.43. The van der Waals surface area contributed by atoms with E-state index >= 15 is 0 Å². The van der Waals surface area contributed by atoms with Gasteiger partial charge in [0.25, 0.3) is 5.91 Å². The molecule has 2 aliphatic rings. The first-order valence-corrected chi connectivity index (χ1v) is 12.0. The summed E-state index contributed by atoms with van der Waals surface area (Å²) < 4.78 is 1.72. The number of nitrogens with zero attached hydrogens (tertiary/aromatic N) is 4. The third-order valence-corrected chi connectivity index (χ3v) is 6.71. The maximum absolute atomic E-state index is 13.6. The molecular weight excluding hydrogens is 444 g/mol. The fraction of sp³-hybridized carbons (Fsp3) is 0.333. The van der Waals surface area contributed by atoms with E-state index in [-0.39, 0.29) is 23.6 Å².